The molecular formula is C19H25ClO2. The van der Waals surface area contributed by atoms with E-state index in [1.54, 1.807) is 0 Å². The van der Waals surface area contributed by atoms with Gasteiger partial charge in [0.15, 0.2) is 0 Å². The number of aliphatic hydroxyl groups is 1. The van der Waals surface area contributed by atoms with Gasteiger partial charge >= 0.3 is 0 Å². The molecule has 0 amide bonds. The molecule has 0 saturated carbocycles. The van der Waals surface area contributed by atoms with Gasteiger partial charge in [-0.2, -0.15) is 0 Å². The van der Waals surface area contributed by atoms with Crippen LogP contribution in [0.15, 0.2) is 42.5 Å². The van der Waals surface area contributed by atoms with Gasteiger partial charge < -0.3 is 9.84 Å². The number of benzene rings is 2. The summed E-state index contributed by atoms with van der Waals surface area (Å²) in [7, 11) is 0. The van der Waals surface area contributed by atoms with Gasteiger partial charge in [0.1, 0.15) is 11.9 Å². The molecule has 0 aliphatic rings. The summed E-state index contributed by atoms with van der Waals surface area (Å²) in [6.45, 7) is 8.75. The standard InChI is InChI=1S/C17H19ClO2.C2H6/c1-3-10-20-14-7-5-13(6-8-14)17(19)15-11-12(2)4-9-16(15)18;1-2/h4-9,11,17,19H,3,10H2,1-2H3;1-2H3. The summed E-state index contributed by atoms with van der Waals surface area (Å²) in [5.41, 5.74) is 2.61. The first kappa shape index (κ1) is 18.5. The Balaban J connectivity index is 0.00000116. The number of aryl methyl sites for hydroxylation is 1. The zero-order chi connectivity index (χ0) is 16.5. The van der Waals surface area contributed by atoms with Crippen molar-refractivity contribution in [1.82, 2.24) is 0 Å². The third-order valence-corrected chi connectivity index (χ3v) is 3.46. The van der Waals surface area contributed by atoms with Crippen molar-refractivity contribution >= 4 is 11.6 Å². The van der Waals surface area contributed by atoms with Crippen molar-refractivity contribution in [1.29, 1.82) is 0 Å². The van der Waals surface area contributed by atoms with Crippen molar-refractivity contribution < 1.29 is 9.84 Å². The van der Waals surface area contributed by atoms with Gasteiger partial charge in [0, 0.05) is 10.6 Å². The predicted molar refractivity (Wildman–Crippen MR) is 93.8 cm³/mol. The third-order valence-electron chi connectivity index (χ3n) is 3.11. The van der Waals surface area contributed by atoms with E-state index in [0.29, 0.717) is 11.6 Å². The Morgan fingerprint density at radius 2 is 1.73 bits per heavy atom. The van der Waals surface area contributed by atoms with Gasteiger partial charge in [-0.3, -0.25) is 0 Å². The van der Waals surface area contributed by atoms with Crippen molar-refractivity contribution in [3.63, 3.8) is 0 Å². The minimum Gasteiger partial charge on any atom is -0.494 e. The molecule has 2 aromatic rings. The minimum atomic E-state index is -0.720. The second-order valence-electron chi connectivity index (χ2n) is 4.85. The predicted octanol–water partition coefficient (Wildman–Crippen LogP) is 5.55. The molecule has 1 N–H and O–H groups in total. The first-order chi connectivity index (χ1) is 10.6. The van der Waals surface area contributed by atoms with Gasteiger partial charge in [-0.25, -0.2) is 0 Å². The molecule has 1 unspecified atom stereocenters. The fraction of sp³-hybridized carbons (Fsp3) is 0.368. The molecule has 0 spiro atoms. The van der Waals surface area contributed by atoms with E-state index in [2.05, 4.69) is 6.92 Å². The molecule has 2 nitrogen and oxygen atoms in total. The lowest BCUT2D eigenvalue weighted by atomic mass is 10.00. The number of hydrogen-bond donors (Lipinski definition) is 1. The van der Waals surface area contributed by atoms with E-state index in [0.717, 1.165) is 28.9 Å². The Labute approximate surface area is 138 Å². The summed E-state index contributed by atoms with van der Waals surface area (Å²) in [5.74, 6) is 0.818. The summed E-state index contributed by atoms with van der Waals surface area (Å²) in [5, 5.41) is 11.0. The fourth-order valence-electron chi connectivity index (χ4n) is 2.02. The molecule has 1 atom stereocenters. The van der Waals surface area contributed by atoms with E-state index >= 15 is 0 Å². The first-order valence-corrected chi connectivity index (χ1v) is 8.16. The van der Waals surface area contributed by atoms with Crippen LogP contribution in [0, 0.1) is 6.92 Å². The van der Waals surface area contributed by atoms with Gasteiger partial charge in [-0.05, 0) is 37.1 Å². The van der Waals surface area contributed by atoms with Crippen LogP contribution in [0.2, 0.25) is 5.02 Å². The molecule has 0 bridgehead atoms. The minimum absolute atomic E-state index is 0.578. The van der Waals surface area contributed by atoms with Crippen LogP contribution in [-0.4, -0.2) is 11.7 Å². The van der Waals surface area contributed by atoms with E-state index in [4.69, 9.17) is 16.3 Å². The summed E-state index contributed by atoms with van der Waals surface area (Å²) in [6, 6.07) is 13.1. The number of aliphatic hydroxyl groups excluding tert-OH is 1. The molecule has 0 heterocycles. The zero-order valence-corrected chi connectivity index (χ0v) is 14.5. The van der Waals surface area contributed by atoms with Crippen molar-refractivity contribution in [2.24, 2.45) is 0 Å². The molecule has 0 radical (unpaired) electrons. The number of rotatable bonds is 5. The quantitative estimate of drug-likeness (QED) is 0.783. The lowest BCUT2D eigenvalue weighted by Crippen LogP contribution is -2.01. The third kappa shape index (κ3) is 5.04. The van der Waals surface area contributed by atoms with Crippen LogP contribution in [0.4, 0.5) is 0 Å². The molecule has 3 heteroatoms. The van der Waals surface area contributed by atoms with E-state index in [1.807, 2.05) is 63.2 Å². The van der Waals surface area contributed by atoms with Crippen LogP contribution in [0.1, 0.15) is 50.0 Å². The highest BCUT2D eigenvalue weighted by Gasteiger charge is 2.14. The lowest BCUT2D eigenvalue weighted by Gasteiger charge is -2.14. The van der Waals surface area contributed by atoms with E-state index in [-0.39, 0.29) is 0 Å². The highest BCUT2D eigenvalue weighted by molar-refractivity contribution is 6.31. The molecule has 0 aliphatic carbocycles. The Morgan fingerprint density at radius 1 is 1.09 bits per heavy atom. The average Bonchev–Trinajstić information content (AvgIpc) is 2.57. The topological polar surface area (TPSA) is 29.5 Å². The zero-order valence-electron chi connectivity index (χ0n) is 13.8. The summed E-state index contributed by atoms with van der Waals surface area (Å²) in [4.78, 5) is 0. The highest BCUT2D eigenvalue weighted by Crippen LogP contribution is 2.30. The summed E-state index contributed by atoms with van der Waals surface area (Å²) < 4.78 is 5.53. The fourth-order valence-corrected chi connectivity index (χ4v) is 2.24. The Hall–Kier alpha value is -1.51. The molecule has 0 fully saturated rings. The van der Waals surface area contributed by atoms with Crippen LogP contribution < -0.4 is 4.74 Å². The molecule has 2 aromatic carbocycles. The van der Waals surface area contributed by atoms with Gasteiger partial charge in [0.2, 0.25) is 0 Å². The SMILES string of the molecule is CC.CCCOc1ccc(C(O)c2cc(C)ccc2Cl)cc1. The van der Waals surface area contributed by atoms with Gasteiger partial charge in [0.05, 0.1) is 6.61 Å². The molecule has 0 saturated heterocycles. The monoisotopic (exact) mass is 320 g/mol. The molecule has 2 rings (SSSR count). The molecule has 22 heavy (non-hydrogen) atoms. The first-order valence-electron chi connectivity index (χ1n) is 7.78. The van der Waals surface area contributed by atoms with Crippen molar-refractivity contribution in [3.05, 3.63) is 64.2 Å². The lowest BCUT2D eigenvalue weighted by molar-refractivity contribution is 0.220. The Bertz CT molecular complexity index is 564. The van der Waals surface area contributed by atoms with Crippen LogP contribution in [-0.2, 0) is 0 Å². The van der Waals surface area contributed by atoms with Crippen molar-refractivity contribution in [2.45, 2.75) is 40.2 Å². The normalized spacial score (nSPS) is 11.4. The highest BCUT2D eigenvalue weighted by atomic mass is 35.5. The number of hydrogen-bond acceptors (Lipinski definition) is 2. The maximum absolute atomic E-state index is 10.4. The average molecular weight is 321 g/mol. The molecule has 0 aliphatic heterocycles. The van der Waals surface area contributed by atoms with Crippen LogP contribution >= 0.6 is 11.6 Å². The molecule has 0 aromatic heterocycles. The van der Waals surface area contributed by atoms with E-state index in [9.17, 15) is 5.11 Å². The second-order valence-corrected chi connectivity index (χ2v) is 5.25. The molecule has 120 valence electrons. The second kappa shape index (κ2) is 9.50. The summed E-state index contributed by atoms with van der Waals surface area (Å²) >= 11 is 6.16. The smallest absolute Gasteiger partial charge is 0.119 e. The van der Waals surface area contributed by atoms with Crippen molar-refractivity contribution in [2.75, 3.05) is 6.61 Å². The van der Waals surface area contributed by atoms with Gasteiger partial charge in [-0.15, -0.1) is 0 Å². The maximum atomic E-state index is 10.4. The number of ether oxygens (including phenoxy) is 1. The van der Waals surface area contributed by atoms with Crippen LogP contribution in [0.25, 0.3) is 0 Å². The Morgan fingerprint density at radius 3 is 2.32 bits per heavy atom. The van der Waals surface area contributed by atoms with E-state index in [1.165, 1.54) is 0 Å². The van der Waals surface area contributed by atoms with Gasteiger partial charge in [0.25, 0.3) is 0 Å². The maximum Gasteiger partial charge on any atom is 0.119 e. The van der Waals surface area contributed by atoms with Gasteiger partial charge in [-0.1, -0.05) is 62.2 Å². The van der Waals surface area contributed by atoms with E-state index < -0.39 is 6.10 Å². The van der Waals surface area contributed by atoms with Crippen LogP contribution in [0.3, 0.4) is 0 Å². The largest absolute Gasteiger partial charge is 0.494 e. The molecular weight excluding hydrogens is 296 g/mol. The summed E-state index contributed by atoms with van der Waals surface area (Å²) in [6.07, 6.45) is 0.256. The Kier molecular flexibility index (Phi) is 8.00. The van der Waals surface area contributed by atoms with Crippen LogP contribution in [0.5, 0.6) is 5.75 Å². The van der Waals surface area contributed by atoms with Crippen molar-refractivity contribution in [3.8, 4) is 5.75 Å². The number of halogens is 1.